The van der Waals surface area contributed by atoms with Crippen molar-refractivity contribution in [1.82, 2.24) is 5.32 Å². The first-order valence-electron chi connectivity index (χ1n) is 7.27. The number of hydrogen-bond donors (Lipinski definition) is 2. The second-order valence-corrected chi connectivity index (χ2v) is 6.62. The number of carbonyl (C=O) groups is 2. The predicted octanol–water partition coefficient (Wildman–Crippen LogP) is 2.97. The SMILES string of the molecule is CCC(CNC(=O)CC(C)(C)C)(C(=O)O)c1ccccc1. The van der Waals surface area contributed by atoms with E-state index in [1.165, 1.54) is 0 Å². The second-order valence-electron chi connectivity index (χ2n) is 6.62. The van der Waals surface area contributed by atoms with Crippen LogP contribution in [0.5, 0.6) is 0 Å². The van der Waals surface area contributed by atoms with Crippen LogP contribution in [-0.4, -0.2) is 23.5 Å². The zero-order valence-electron chi connectivity index (χ0n) is 13.3. The van der Waals surface area contributed by atoms with Gasteiger partial charge in [-0.1, -0.05) is 58.0 Å². The summed E-state index contributed by atoms with van der Waals surface area (Å²) in [7, 11) is 0. The Morgan fingerprint density at radius 3 is 2.14 bits per heavy atom. The monoisotopic (exact) mass is 291 g/mol. The Morgan fingerprint density at radius 2 is 1.71 bits per heavy atom. The summed E-state index contributed by atoms with van der Waals surface area (Å²) in [5.74, 6) is -1.02. The fourth-order valence-corrected chi connectivity index (χ4v) is 2.33. The van der Waals surface area contributed by atoms with Crippen LogP contribution in [0, 0.1) is 5.41 Å². The molecule has 0 saturated carbocycles. The topological polar surface area (TPSA) is 66.4 Å². The molecule has 1 unspecified atom stereocenters. The molecule has 2 N–H and O–H groups in total. The fourth-order valence-electron chi connectivity index (χ4n) is 2.33. The lowest BCUT2D eigenvalue weighted by Crippen LogP contribution is -2.46. The number of aliphatic carboxylic acids is 1. The third-order valence-corrected chi connectivity index (χ3v) is 3.62. The molecule has 0 heterocycles. The van der Waals surface area contributed by atoms with Gasteiger partial charge in [-0.15, -0.1) is 0 Å². The Morgan fingerprint density at radius 1 is 1.14 bits per heavy atom. The molecular weight excluding hydrogens is 266 g/mol. The third-order valence-electron chi connectivity index (χ3n) is 3.62. The van der Waals surface area contributed by atoms with E-state index < -0.39 is 11.4 Å². The van der Waals surface area contributed by atoms with Gasteiger partial charge in [-0.2, -0.15) is 0 Å². The van der Waals surface area contributed by atoms with Gasteiger partial charge in [0.05, 0.1) is 0 Å². The van der Waals surface area contributed by atoms with Crippen LogP contribution in [-0.2, 0) is 15.0 Å². The summed E-state index contributed by atoms with van der Waals surface area (Å²) in [5.41, 5.74) is -0.472. The number of nitrogens with one attached hydrogen (secondary N) is 1. The van der Waals surface area contributed by atoms with Crippen LogP contribution < -0.4 is 5.32 Å². The van der Waals surface area contributed by atoms with E-state index in [9.17, 15) is 14.7 Å². The summed E-state index contributed by atoms with van der Waals surface area (Å²) in [6.45, 7) is 7.88. The highest BCUT2D eigenvalue weighted by molar-refractivity contribution is 5.83. The van der Waals surface area contributed by atoms with E-state index in [2.05, 4.69) is 5.32 Å². The first-order valence-corrected chi connectivity index (χ1v) is 7.27. The van der Waals surface area contributed by atoms with Crippen molar-refractivity contribution in [3.8, 4) is 0 Å². The molecule has 1 rings (SSSR count). The lowest BCUT2D eigenvalue weighted by Gasteiger charge is -2.29. The minimum Gasteiger partial charge on any atom is -0.481 e. The van der Waals surface area contributed by atoms with E-state index in [-0.39, 0.29) is 17.9 Å². The Balaban J connectivity index is 2.91. The molecule has 0 aromatic heterocycles. The molecule has 0 aliphatic rings. The van der Waals surface area contributed by atoms with Crippen LogP contribution in [0.15, 0.2) is 30.3 Å². The van der Waals surface area contributed by atoms with Crippen molar-refractivity contribution >= 4 is 11.9 Å². The number of rotatable bonds is 6. The second kappa shape index (κ2) is 6.74. The zero-order valence-corrected chi connectivity index (χ0v) is 13.3. The maximum absolute atomic E-state index is 12.0. The molecule has 1 atom stereocenters. The largest absolute Gasteiger partial charge is 0.481 e. The van der Waals surface area contributed by atoms with Crippen molar-refractivity contribution in [3.05, 3.63) is 35.9 Å². The summed E-state index contributed by atoms with van der Waals surface area (Å²) in [5, 5.41) is 12.5. The first kappa shape index (κ1) is 17.2. The molecule has 4 nitrogen and oxygen atoms in total. The van der Waals surface area contributed by atoms with E-state index in [0.717, 1.165) is 5.56 Å². The van der Waals surface area contributed by atoms with Crippen LogP contribution in [0.25, 0.3) is 0 Å². The Kier molecular flexibility index (Phi) is 5.53. The van der Waals surface area contributed by atoms with E-state index in [0.29, 0.717) is 12.8 Å². The summed E-state index contributed by atoms with van der Waals surface area (Å²) < 4.78 is 0. The highest BCUT2D eigenvalue weighted by Crippen LogP contribution is 2.28. The van der Waals surface area contributed by atoms with Gasteiger partial charge < -0.3 is 10.4 Å². The molecule has 0 radical (unpaired) electrons. The molecular formula is C17H25NO3. The molecule has 0 bridgehead atoms. The Hall–Kier alpha value is -1.84. The summed E-state index contributed by atoms with van der Waals surface area (Å²) in [4.78, 5) is 23.8. The van der Waals surface area contributed by atoms with Gasteiger partial charge in [0.25, 0.3) is 0 Å². The smallest absolute Gasteiger partial charge is 0.315 e. The number of amides is 1. The lowest BCUT2D eigenvalue weighted by molar-refractivity contribution is -0.144. The van der Waals surface area contributed by atoms with Gasteiger partial charge in [-0.05, 0) is 17.4 Å². The van der Waals surface area contributed by atoms with Crippen molar-refractivity contribution < 1.29 is 14.7 Å². The Labute approximate surface area is 126 Å². The number of carboxylic acid groups (broad SMARTS) is 1. The fraction of sp³-hybridized carbons (Fsp3) is 0.529. The van der Waals surface area contributed by atoms with Crippen molar-refractivity contribution in [2.24, 2.45) is 5.41 Å². The van der Waals surface area contributed by atoms with Gasteiger partial charge in [0.15, 0.2) is 0 Å². The van der Waals surface area contributed by atoms with Gasteiger partial charge in [-0.3, -0.25) is 9.59 Å². The van der Waals surface area contributed by atoms with Crippen LogP contribution in [0.4, 0.5) is 0 Å². The van der Waals surface area contributed by atoms with Crippen LogP contribution in [0.1, 0.15) is 46.1 Å². The Bertz CT molecular complexity index is 491. The standard InChI is InChI=1S/C17H25NO3/c1-5-17(15(20)21,13-9-7-6-8-10-13)12-18-14(19)11-16(2,3)4/h6-10H,5,11-12H2,1-4H3,(H,18,19)(H,20,21). The molecule has 0 spiro atoms. The molecule has 0 fully saturated rings. The summed E-state index contributed by atoms with van der Waals surface area (Å²) >= 11 is 0. The highest BCUT2D eigenvalue weighted by Gasteiger charge is 2.39. The van der Waals surface area contributed by atoms with Gasteiger partial charge in [0, 0.05) is 13.0 Å². The van der Waals surface area contributed by atoms with Crippen molar-refractivity contribution in [2.75, 3.05) is 6.54 Å². The van der Waals surface area contributed by atoms with Crippen LogP contribution >= 0.6 is 0 Å². The maximum atomic E-state index is 12.0. The minimum absolute atomic E-state index is 0.109. The third kappa shape index (κ3) is 4.59. The first-order chi connectivity index (χ1) is 9.71. The van der Waals surface area contributed by atoms with E-state index in [4.69, 9.17) is 0 Å². The molecule has 0 aliphatic carbocycles. The summed E-state index contributed by atoms with van der Waals surface area (Å²) in [6, 6.07) is 9.09. The van der Waals surface area contributed by atoms with Crippen LogP contribution in [0.2, 0.25) is 0 Å². The van der Waals surface area contributed by atoms with Crippen molar-refractivity contribution in [1.29, 1.82) is 0 Å². The van der Waals surface area contributed by atoms with E-state index in [1.54, 1.807) is 12.1 Å². The average Bonchev–Trinajstić information content (AvgIpc) is 2.39. The average molecular weight is 291 g/mol. The zero-order chi connectivity index (χ0) is 16.1. The quantitative estimate of drug-likeness (QED) is 0.846. The van der Waals surface area contributed by atoms with E-state index >= 15 is 0 Å². The molecule has 1 amide bonds. The van der Waals surface area contributed by atoms with Crippen molar-refractivity contribution in [3.63, 3.8) is 0 Å². The molecule has 0 saturated heterocycles. The van der Waals surface area contributed by atoms with E-state index in [1.807, 2.05) is 45.9 Å². The number of carbonyl (C=O) groups excluding carboxylic acids is 1. The predicted molar refractivity (Wildman–Crippen MR) is 83.1 cm³/mol. The highest BCUT2D eigenvalue weighted by atomic mass is 16.4. The van der Waals surface area contributed by atoms with Gasteiger partial charge in [0.1, 0.15) is 5.41 Å². The number of hydrogen-bond acceptors (Lipinski definition) is 2. The van der Waals surface area contributed by atoms with Gasteiger partial charge >= 0.3 is 5.97 Å². The molecule has 116 valence electrons. The van der Waals surface area contributed by atoms with Crippen LogP contribution in [0.3, 0.4) is 0 Å². The molecule has 1 aromatic carbocycles. The minimum atomic E-state index is -1.07. The maximum Gasteiger partial charge on any atom is 0.315 e. The molecule has 1 aromatic rings. The molecule has 21 heavy (non-hydrogen) atoms. The van der Waals surface area contributed by atoms with Gasteiger partial charge in [-0.25, -0.2) is 0 Å². The molecule has 4 heteroatoms. The number of carboxylic acids is 1. The molecule has 0 aliphatic heterocycles. The number of benzene rings is 1. The lowest BCUT2D eigenvalue weighted by atomic mass is 9.78. The van der Waals surface area contributed by atoms with Gasteiger partial charge in [0.2, 0.25) is 5.91 Å². The normalized spacial score (nSPS) is 14.3. The summed E-state index contributed by atoms with van der Waals surface area (Å²) in [6.07, 6.45) is 0.795. The van der Waals surface area contributed by atoms with Crippen molar-refractivity contribution in [2.45, 2.75) is 46.0 Å².